The van der Waals surface area contributed by atoms with Gasteiger partial charge in [-0.25, -0.2) is 0 Å². The van der Waals surface area contributed by atoms with Gasteiger partial charge in [0.1, 0.15) is 0 Å². The maximum Gasteiger partial charge on any atom is 2.00 e. The molecule has 0 aromatic rings. The molecule has 2 aliphatic rings. The molecule has 2 aliphatic heterocycles. The number of nitrogens with one attached hydrogen (secondary N) is 2. The van der Waals surface area contributed by atoms with Gasteiger partial charge in [-0.3, -0.25) is 0 Å². The second-order valence-corrected chi connectivity index (χ2v) is 2.72. The van der Waals surface area contributed by atoms with Crippen molar-refractivity contribution >= 4 is 0 Å². The maximum absolute atomic E-state index is 5.01. The summed E-state index contributed by atoms with van der Waals surface area (Å²) in [5, 5.41) is 6.32. The van der Waals surface area contributed by atoms with Gasteiger partial charge in [0, 0.05) is 26.2 Å². The van der Waals surface area contributed by atoms with Crippen LogP contribution in [-0.2, 0) is 26.5 Å². The van der Waals surface area contributed by atoms with Crippen LogP contribution in [0.25, 0.3) is 0 Å². The predicted molar refractivity (Wildman–Crippen MR) is 49.6 cm³/mol. The van der Waals surface area contributed by atoms with Crippen LogP contribution in [-0.4, -0.2) is 52.6 Å². The molecule has 2 N–H and O–H groups in total. The summed E-state index contributed by atoms with van der Waals surface area (Å²) in [5.74, 6) is 0. The minimum absolute atomic E-state index is 0. The van der Waals surface area contributed by atoms with Gasteiger partial charge in [0.15, 0.2) is 0 Å². The van der Waals surface area contributed by atoms with Crippen LogP contribution in [0, 0.1) is 0 Å². The van der Waals surface area contributed by atoms with Gasteiger partial charge in [-0.2, -0.15) is 0 Å². The number of hydrogen-bond acceptors (Lipinski definition) is 4. The molecular formula is C8H20Cl4CuN2O2. The third-order valence-corrected chi connectivity index (χ3v) is 1.69. The first-order valence-corrected chi connectivity index (χ1v) is 4.57. The zero-order valence-electron chi connectivity index (χ0n) is 11.3. The first-order chi connectivity index (χ1) is 6.00. The summed E-state index contributed by atoms with van der Waals surface area (Å²) >= 11 is 0. The molecule has 0 spiro atoms. The van der Waals surface area contributed by atoms with Crippen LogP contribution in [0.4, 0.5) is 0 Å². The molecule has 113 valence electrons. The number of ether oxygens (including phenoxy) is 2. The van der Waals surface area contributed by atoms with E-state index >= 15 is 0 Å². The first-order valence-electron chi connectivity index (χ1n) is 4.57. The zero-order valence-corrected chi connectivity index (χ0v) is 13.3. The molecule has 2 fully saturated rings. The quantitative estimate of drug-likeness (QED) is 0.409. The van der Waals surface area contributed by atoms with E-state index in [1.807, 2.05) is 0 Å². The Hall–Kier alpha value is 1.52. The largest absolute Gasteiger partial charge is 2.00 e. The summed E-state index contributed by atoms with van der Waals surface area (Å²) in [5.41, 5.74) is 0. The fraction of sp³-hybridized carbons (Fsp3) is 1.00. The molecule has 1 radical (unpaired) electrons. The molecule has 0 saturated carbocycles. The van der Waals surface area contributed by atoms with E-state index in [0.717, 1.165) is 52.6 Å². The van der Waals surface area contributed by atoms with E-state index in [0.29, 0.717) is 0 Å². The molecule has 0 atom stereocenters. The number of rotatable bonds is 0. The van der Waals surface area contributed by atoms with Gasteiger partial charge in [0.05, 0.1) is 26.4 Å². The van der Waals surface area contributed by atoms with Crippen molar-refractivity contribution < 1.29 is 79.0 Å². The average Bonchev–Trinajstić information content (AvgIpc) is 2.24. The summed E-state index contributed by atoms with van der Waals surface area (Å²) in [4.78, 5) is 0. The summed E-state index contributed by atoms with van der Waals surface area (Å²) < 4.78 is 10.0. The van der Waals surface area contributed by atoms with Gasteiger partial charge >= 0.3 is 19.9 Å². The van der Waals surface area contributed by atoms with Crippen molar-refractivity contribution in [2.24, 2.45) is 0 Å². The monoisotopic (exact) mass is 379 g/mol. The molecule has 0 amide bonds. The Morgan fingerprint density at radius 3 is 0.882 bits per heavy atom. The minimum Gasteiger partial charge on any atom is -1.00 e. The van der Waals surface area contributed by atoms with Crippen molar-refractivity contribution in [1.82, 2.24) is 10.6 Å². The van der Waals surface area contributed by atoms with Crippen molar-refractivity contribution in [3.05, 3.63) is 0 Å². The average molecular weight is 382 g/mol. The summed E-state index contributed by atoms with van der Waals surface area (Å²) in [6, 6.07) is 0. The van der Waals surface area contributed by atoms with E-state index in [1.54, 1.807) is 0 Å². The Labute approximate surface area is 142 Å². The Bertz CT molecular complexity index is 85.7. The Morgan fingerprint density at radius 1 is 0.588 bits per heavy atom. The van der Waals surface area contributed by atoms with Gasteiger partial charge in [0.25, 0.3) is 0 Å². The van der Waals surface area contributed by atoms with Crippen molar-refractivity contribution in [2.75, 3.05) is 52.6 Å². The van der Waals surface area contributed by atoms with E-state index < -0.39 is 0 Å². The second kappa shape index (κ2) is 26.2. The first kappa shape index (κ1) is 31.1. The standard InChI is InChI=1S/2C4H9NO.4ClH.Cu/c2*1-3-6-4-2-5-1;;;;;/h2*5H,1-4H2;4*1H;/q;;;;;;+2/p-2. The normalized spacial score (nSPS) is 16.9. The summed E-state index contributed by atoms with van der Waals surface area (Å²) in [6.07, 6.45) is 0. The van der Waals surface area contributed by atoms with Gasteiger partial charge in [0.2, 0.25) is 0 Å². The minimum atomic E-state index is 0. The van der Waals surface area contributed by atoms with Crippen LogP contribution in [0.3, 0.4) is 0 Å². The molecule has 0 aliphatic carbocycles. The molecule has 2 rings (SSSR count). The van der Waals surface area contributed by atoms with Gasteiger partial charge in [-0.15, -0.1) is 0 Å². The van der Waals surface area contributed by atoms with E-state index in [4.69, 9.17) is 9.47 Å². The van der Waals surface area contributed by atoms with Gasteiger partial charge < -0.3 is 69.7 Å². The molecule has 0 aromatic carbocycles. The smallest absolute Gasteiger partial charge is 1.00 e. The Kier molecular flexibility index (Phi) is 47.9. The van der Waals surface area contributed by atoms with E-state index in [-0.39, 0.29) is 69.6 Å². The van der Waals surface area contributed by atoms with Crippen molar-refractivity contribution in [1.29, 1.82) is 0 Å². The molecule has 2 saturated heterocycles. The summed E-state index contributed by atoms with van der Waals surface area (Å²) in [6.45, 7) is 7.67. The zero-order chi connectivity index (χ0) is 8.49. The Morgan fingerprint density at radius 2 is 0.824 bits per heavy atom. The SMILES string of the molecule is C1COCCN1.C1COCCN1.[Cl-].[Cl-].[Cl-].[Cl-].[Cu+2].[H+].[H+]. The second-order valence-electron chi connectivity index (χ2n) is 2.72. The third kappa shape index (κ3) is 23.1. The molecule has 2 heterocycles. The number of morpholine rings is 2. The molecular weight excluding hydrogens is 361 g/mol. The Balaban J connectivity index is -0.0000000222. The van der Waals surface area contributed by atoms with Crippen LogP contribution >= 0.6 is 0 Å². The van der Waals surface area contributed by atoms with Crippen LogP contribution in [0.1, 0.15) is 2.85 Å². The number of halogens is 4. The molecule has 0 unspecified atom stereocenters. The number of hydrogen-bond donors (Lipinski definition) is 2. The van der Waals surface area contributed by atoms with Crippen molar-refractivity contribution in [3.8, 4) is 0 Å². The van der Waals surface area contributed by atoms with Gasteiger partial charge in [-0.1, -0.05) is 0 Å². The van der Waals surface area contributed by atoms with Crippen LogP contribution in [0.15, 0.2) is 0 Å². The molecule has 0 bridgehead atoms. The van der Waals surface area contributed by atoms with Gasteiger partial charge in [-0.05, 0) is 0 Å². The van der Waals surface area contributed by atoms with Crippen LogP contribution in [0.2, 0.25) is 0 Å². The fourth-order valence-corrected chi connectivity index (χ4v) is 1.03. The van der Waals surface area contributed by atoms with E-state index in [9.17, 15) is 0 Å². The van der Waals surface area contributed by atoms with Crippen molar-refractivity contribution in [2.45, 2.75) is 0 Å². The third-order valence-electron chi connectivity index (χ3n) is 1.69. The summed E-state index contributed by atoms with van der Waals surface area (Å²) in [7, 11) is 0. The maximum atomic E-state index is 5.01. The predicted octanol–water partition coefficient (Wildman–Crippen LogP) is -12.5. The fourth-order valence-electron chi connectivity index (χ4n) is 1.03. The van der Waals surface area contributed by atoms with E-state index in [2.05, 4.69) is 10.6 Å². The molecule has 9 heteroatoms. The van der Waals surface area contributed by atoms with Crippen molar-refractivity contribution in [3.63, 3.8) is 0 Å². The van der Waals surface area contributed by atoms with E-state index in [1.165, 1.54) is 0 Å². The topological polar surface area (TPSA) is 42.5 Å². The molecule has 4 nitrogen and oxygen atoms in total. The van der Waals surface area contributed by atoms with Crippen LogP contribution in [0.5, 0.6) is 0 Å². The molecule has 0 aromatic heterocycles. The van der Waals surface area contributed by atoms with Crippen LogP contribution < -0.4 is 60.3 Å². The molecule has 17 heavy (non-hydrogen) atoms.